The van der Waals surface area contributed by atoms with Gasteiger partial charge in [-0.2, -0.15) is 0 Å². The summed E-state index contributed by atoms with van der Waals surface area (Å²) < 4.78 is 0. The summed E-state index contributed by atoms with van der Waals surface area (Å²) in [5, 5.41) is 3.98. The molecule has 1 nitrogen and oxygen atoms in total. The average molecular weight is 414 g/mol. The molecule has 3 unspecified atom stereocenters. The van der Waals surface area contributed by atoms with Gasteiger partial charge in [0.2, 0.25) is 0 Å². The van der Waals surface area contributed by atoms with Gasteiger partial charge in [-0.3, -0.25) is 0 Å². The van der Waals surface area contributed by atoms with Crippen molar-refractivity contribution < 1.29 is 0 Å². The van der Waals surface area contributed by atoms with E-state index in [0.29, 0.717) is 0 Å². The fourth-order valence-corrected chi connectivity index (χ4v) is 5.40. The van der Waals surface area contributed by atoms with Gasteiger partial charge in [0.25, 0.3) is 0 Å². The third-order valence-corrected chi connectivity index (χ3v) is 7.83. The van der Waals surface area contributed by atoms with Crippen LogP contribution in [0.4, 0.5) is 5.69 Å². The van der Waals surface area contributed by atoms with Gasteiger partial charge in [-0.05, 0) is 87.0 Å². The van der Waals surface area contributed by atoms with Gasteiger partial charge in [-0.25, -0.2) is 0 Å². The molecule has 2 rings (SSSR count). The second kappa shape index (κ2) is 11.6. The molecule has 0 amide bonds. The van der Waals surface area contributed by atoms with Crippen LogP contribution >= 0.6 is 0 Å². The number of anilines is 1. The molecule has 0 saturated carbocycles. The van der Waals surface area contributed by atoms with E-state index in [1.54, 1.807) is 5.56 Å². The van der Waals surface area contributed by atoms with Crippen molar-refractivity contribution in [2.75, 3.05) is 5.32 Å². The molecule has 1 aliphatic rings. The lowest BCUT2D eigenvalue weighted by molar-refractivity contribution is 0.359. The Morgan fingerprint density at radius 3 is 2.00 bits per heavy atom. The van der Waals surface area contributed by atoms with Crippen molar-refractivity contribution in [2.24, 2.45) is 17.8 Å². The molecule has 0 saturated heterocycles. The van der Waals surface area contributed by atoms with E-state index >= 15 is 0 Å². The molecule has 0 fully saturated rings. The highest BCUT2D eigenvalue weighted by Crippen LogP contribution is 2.39. The monoisotopic (exact) mass is 413 g/mol. The Morgan fingerprint density at radius 2 is 1.40 bits per heavy atom. The van der Waals surface area contributed by atoms with Gasteiger partial charge in [0.15, 0.2) is 0 Å². The molecule has 1 N–H and O–H groups in total. The number of hydrogen-bond donors (Lipinski definition) is 1. The van der Waals surface area contributed by atoms with Crippen molar-refractivity contribution in [1.82, 2.24) is 0 Å². The van der Waals surface area contributed by atoms with Gasteiger partial charge in [0.1, 0.15) is 0 Å². The molecule has 1 heterocycles. The standard InChI is InChI=1S/C29H51N/c1-21(2)12-9-13-22(3)14-10-15-23(4)16-11-18-29(8)19-17-27-25(6)20-24(5)26(7)28(27)30-29/h20-23,30H,9-19H2,1-8H3. The van der Waals surface area contributed by atoms with E-state index in [1.165, 1.54) is 93.0 Å². The van der Waals surface area contributed by atoms with Crippen LogP contribution in [0.2, 0.25) is 0 Å². The molecule has 0 radical (unpaired) electrons. The number of fused-ring (bicyclic) bond motifs is 1. The molecule has 0 aromatic heterocycles. The van der Waals surface area contributed by atoms with Crippen molar-refractivity contribution in [2.45, 2.75) is 132 Å². The molecule has 172 valence electrons. The van der Waals surface area contributed by atoms with Crippen LogP contribution in [0.1, 0.15) is 121 Å². The van der Waals surface area contributed by atoms with Crippen molar-refractivity contribution in [1.29, 1.82) is 0 Å². The maximum atomic E-state index is 3.98. The van der Waals surface area contributed by atoms with Crippen LogP contribution < -0.4 is 5.32 Å². The van der Waals surface area contributed by atoms with Gasteiger partial charge in [0, 0.05) is 11.2 Å². The predicted octanol–water partition coefficient (Wildman–Crippen LogP) is 9.17. The Hall–Kier alpha value is -0.980. The highest BCUT2D eigenvalue weighted by atomic mass is 15.0. The Kier molecular flexibility index (Phi) is 9.76. The van der Waals surface area contributed by atoms with Crippen molar-refractivity contribution in [3.63, 3.8) is 0 Å². The van der Waals surface area contributed by atoms with Crippen molar-refractivity contribution >= 4 is 5.69 Å². The maximum Gasteiger partial charge on any atom is 0.0411 e. The lowest BCUT2D eigenvalue weighted by atomic mass is 9.80. The van der Waals surface area contributed by atoms with Gasteiger partial charge >= 0.3 is 0 Å². The van der Waals surface area contributed by atoms with Crippen molar-refractivity contribution in [3.8, 4) is 0 Å². The second-order valence-corrected chi connectivity index (χ2v) is 11.5. The van der Waals surface area contributed by atoms with Crippen LogP contribution in [0.5, 0.6) is 0 Å². The number of nitrogens with one attached hydrogen (secondary N) is 1. The fourth-order valence-electron chi connectivity index (χ4n) is 5.40. The normalized spacial score (nSPS) is 20.7. The molecule has 0 aliphatic carbocycles. The smallest absolute Gasteiger partial charge is 0.0411 e. The van der Waals surface area contributed by atoms with E-state index in [2.05, 4.69) is 66.8 Å². The van der Waals surface area contributed by atoms with E-state index in [4.69, 9.17) is 0 Å². The number of hydrogen-bond acceptors (Lipinski definition) is 1. The number of rotatable bonds is 12. The number of benzene rings is 1. The maximum absolute atomic E-state index is 3.98. The van der Waals surface area contributed by atoms with Crippen molar-refractivity contribution in [3.05, 3.63) is 28.3 Å². The van der Waals surface area contributed by atoms with Crippen LogP contribution in [-0.4, -0.2) is 5.54 Å². The molecule has 1 aromatic carbocycles. The average Bonchev–Trinajstić information content (AvgIpc) is 2.65. The predicted molar refractivity (Wildman–Crippen MR) is 136 cm³/mol. The zero-order valence-corrected chi connectivity index (χ0v) is 21.6. The molecular formula is C29H51N. The Labute approximate surface area is 188 Å². The molecule has 1 heteroatoms. The lowest BCUT2D eigenvalue weighted by Gasteiger charge is -2.39. The van der Waals surface area contributed by atoms with Crippen LogP contribution in [0.25, 0.3) is 0 Å². The first-order chi connectivity index (χ1) is 14.1. The topological polar surface area (TPSA) is 12.0 Å². The highest BCUT2D eigenvalue weighted by Gasteiger charge is 2.30. The Morgan fingerprint density at radius 1 is 0.833 bits per heavy atom. The van der Waals surface area contributed by atoms with E-state index in [1.807, 2.05) is 0 Å². The van der Waals surface area contributed by atoms with E-state index in [0.717, 1.165) is 17.8 Å². The molecule has 1 aliphatic heterocycles. The van der Waals surface area contributed by atoms with Crippen LogP contribution in [0.15, 0.2) is 6.07 Å². The lowest BCUT2D eigenvalue weighted by Crippen LogP contribution is -2.39. The summed E-state index contributed by atoms with van der Waals surface area (Å²) in [6.45, 7) is 18.9. The van der Waals surface area contributed by atoms with E-state index in [9.17, 15) is 0 Å². The summed E-state index contributed by atoms with van der Waals surface area (Å²) in [6.07, 6.45) is 15.1. The summed E-state index contributed by atoms with van der Waals surface area (Å²) >= 11 is 0. The summed E-state index contributed by atoms with van der Waals surface area (Å²) in [7, 11) is 0. The minimum Gasteiger partial charge on any atom is -0.379 e. The van der Waals surface area contributed by atoms with Gasteiger partial charge < -0.3 is 5.32 Å². The quantitative estimate of drug-likeness (QED) is 0.360. The van der Waals surface area contributed by atoms with Gasteiger partial charge in [-0.1, -0.05) is 85.1 Å². The van der Waals surface area contributed by atoms with E-state index < -0.39 is 0 Å². The summed E-state index contributed by atoms with van der Waals surface area (Å²) in [5.41, 5.74) is 7.62. The van der Waals surface area contributed by atoms with Crippen LogP contribution in [-0.2, 0) is 6.42 Å². The van der Waals surface area contributed by atoms with Gasteiger partial charge in [0.05, 0.1) is 0 Å². The molecule has 0 spiro atoms. The minimum atomic E-state index is 0.267. The summed E-state index contributed by atoms with van der Waals surface area (Å²) in [6, 6.07) is 2.37. The zero-order valence-electron chi connectivity index (χ0n) is 21.6. The molecule has 3 atom stereocenters. The number of aryl methyl sites for hydroxylation is 2. The second-order valence-electron chi connectivity index (χ2n) is 11.5. The fraction of sp³-hybridized carbons (Fsp3) is 0.793. The first-order valence-corrected chi connectivity index (χ1v) is 13.0. The largest absolute Gasteiger partial charge is 0.379 e. The van der Waals surface area contributed by atoms with E-state index in [-0.39, 0.29) is 5.54 Å². The minimum absolute atomic E-state index is 0.267. The Balaban J connectivity index is 1.70. The van der Waals surface area contributed by atoms with Gasteiger partial charge in [-0.15, -0.1) is 0 Å². The summed E-state index contributed by atoms with van der Waals surface area (Å²) in [4.78, 5) is 0. The Bertz CT molecular complexity index is 659. The molecule has 0 bridgehead atoms. The summed E-state index contributed by atoms with van der Waals surface area (Å²) in [5.74, 6) is 2.65. The van der Waals surface area contributed by atoms with Crippen LogP contribution in [0, 0.1) is 38.5 Å². The first-order valence-electron chi connectivity index (χ1n) is 13.0. The molecular weight excluding hydrogens is 362 g/mol. The third kappa shape index (κ3) is 7.61. The highest BCUT2D eigenvalue weighted by molar-refractivity contribution is 5.65. The molecule has 30 heavy (non-hydrogen) atoms. The first kappa shape index (κ1) is 25.3. The van der Waals surface area contributed by atoms with Crippen LogP contribution in [0.3, 0.4) is 0 Å². The SMILES string of the molecule is Cc1cc(C)c2c(c1C)NC(C)(CCCC(C)CCCC(C)CCCC(C)C)CC2. The third-order valence-electron chi connectivity index (χ3n) is 7.83. The molecule has 1 aromatic rings. The zero-order chi connectivity index (χ0) is 22.3.